The van der Waals surface area contributed by atoms with Gasteiger partial charge in [-0.15, -0.1) is 0 Å². The Morgan fingerprint density at radius 2 is 1.72 bits per heavy atom. The van der Waals surface area contributed by atoms with E-state index in [2.05, 4.69) is 27.3 Å². The van der Waals surface area contributed by atoms with Crippen molar-refractivity contribution in [1.29, 1.82) is 0 Å². The zero-order valence-corrected chi connectivity index (χ0v) is 20.1. The van der Waals surface area contributed by atoms with Crippen molar-refractivity contribution < 1.29 is 23.4 Å². The van der Waals surface area contributed by atoms with E-state index in [1.165, 1.54) is 6.20 Å². The maximum atomic E-state index is 14.4. The van der Waals surface area contributed by atoms with E-state index in [0.717, 1.165) is 51.4 Å². The summed E-state index contributed by atoms with van der Waals surface area (Å²) in [7, 11) is 0. The van der Waals surface area contributed by atoms with Crippen LogP contribution in [0.15, 0.2) is 39.0 Å². The lowest BCUT2D eigenvalue weighted by atomic mass is 9.86. The standard InChI is InChI=1S/C25H33F3N6O2/c1-29-12-22-24(31-14-30-17-4-8-19(36)9-5-17)34(18-6-2-15(13-35)3-7-18)25(32-22)33-23-20(27)10-16(26)11-21(23)28/h10-12,15,17-19,30,35-36H,1-9,13-14H2,(H,32,33)/b22-12+,31-24+. The number of nitrogens with one attached hydrogen (secondary N) is 2. The SMILES string of the molecule is C=N/C=C1/NC(=Nc2c(F)cc(F)cc2F)N(C2CCC(CO)CC2)/C1=N/CNC1CCC(O)CC1. The first-order valence-corrected chi connectivity index (χ1v) is 12.4. The Morgan fingerprint density at radius 1 is 1.06 bits per heavy atom. The molecule has 1 aromatic rings. The number of guanidine groups is 1. The summed E-state index contributed by atoms with van der Waals surface area (Å²) in [5.74, 6) is -2.35. The highest BCUT2D eigenvalue weighted by atomic mass is 19.1. The van der Waals surface area contributed by atoms with E-state index in [1.807, 2.05) is 4.90 Å². The molecular weight excluding hydrogens is 473 g/mol. The molecule has 8 nitrogen and oxygen atoms in total. The van der Waals surface area contributed by atoms with Gasteiger partial charge in [0.1, 0.15) is 17.2 Å². The van der Waals surface area contributed by atoms with Gasteiger partial charge in [0, 0.05) is 30.8 Å². The monoisotopic (exact) mass is 506 g/mol. The minimum Gasteiger partial charge on any atom is -0.396 e. The second kappa shape index (κ2) is 12.0. The molecule has 196 valence electrons. The molecule has 0 bridgehead atoms. The average Bonchev–Trinajstić information content (AvgIpc) is 3.19. The fraction of sp³-hybridized carbons (Fsp3) is 0.560. The molecule has 1 saturated heterocycles. The molecule has 0 spiro atoms. The Balaban J connectivity index is 1.65. The van der Waals surface area contributed by atoms with Crippen molar-refractivity contribution in [3.05, 3.63) is 41.5 Å². The number of benzene rings is 1. The summed E-state index contributed by atoms with van der Waals surface area (Å²) in [4.78, 5) is 14.6. The largest absolute Gasteiger partial charge is 0.396 e. The van der Waals surface area contributed by atoms with Crippen molar-refractivity contribution in [3.63, 3.8) is 0 Å². The smallest absolute Gasteiger partial charge is 0.210 e. The first kappa shape index (κ1) is 26.3. The Morgan fingerprint density at radius 3 is 2.33 bits per heavy atom. The van der Waals surface area contributed by atoms with Crippen LogP contribution >= 0.6 is 0 Å². The summed E-state index contributed by atoms with van der Waals surface area (Å²) in [6.07, 6.45) is 7.44. The molecular formula is C25H33F3N6O2. The summed E-state index contributed by atoms with van der Waals surface area (Å²) in [6.45, 7) is 3.92. The third-order valence-corrected chi connectivity index (χ3v) is 7.11. The maximum absolute atomic E-state index is 14.4. The van der Waals surface area contributed by atoms with Gasteiger partial charge in [-0.2, -0.15) is 0 Å². The average molecular weight is 507 g/mol. The number of aliphatic hydroxyl groups excluding tert-OH is 2. The highest BCUT2D eigenvalue weighted by molar-refractivity contribution is 6.16. The van der Waals surface area contributed by atoms with Gasteiger partial charge in [-0.05, 0) is 64.0 Å². The van der Waals surface area contributed by atoms with Crippen molar-refractivity contribution in [2.24, 2.45) is 20.9 Å². The maximum Gasteiger partial charge on any atom is 0.210 e. The number of amidine groups is 1. The minimum atomic E-state index is -1.11. The van der Waals surface area contributed by atoms with Crippen LogP contribution in [0.4, 0.5) is 18.9 Å². The van der Waals surface area contributed by atoms with E-state index in [1.54, 1.807) is 0 Å². The summed E-state index contributed by atoms with van der Waals surface area (Å²) in [5.41, 5.74) is -0.115. The molecule has 3 aliphatic rings. The molecule has 3 fully saturated rings. The molecule has 0 aromatic heterocycles. The Bertz CT molecular complexity index is 1010. The lowest BCUT2D eigenvalue weighted by Gasteiger charge is -2.34. The van der Waals surface area contributed by atoms with Crippen molar-refractivity contribution >= 4 is 24.2 Å². The first-order chi connectivity index (χ1) is 17.4. The number of nitrogens with zero attached hydrogens (tertiary/aromatic N) is 4. The Kier molecular flexibility index (Phi) is 8.76. The highest BCUT2D eigenvalue weighted by Gasteiger charge is 2.38. The Labute approximate surface area is 208 Å². The van der Waals surface area contributed by atoms with Crippen LogP contribution < -0.4 is 10.6 Å². The van der Waals surface area contributed by atoms with Crippen LogP contribution in [0.25, 0.3) is 0 Å². The fourth-order valence-corrected chi connectivity index (χ4v) is 5.10. The number of halogens is 3. The third-order valence-electron chi connectivity index (χ3n) is 7.11. The first-order valence-electron chi connectivity index (χ1n) is 12.4. The molecule has 4 rings (SSSR count). The van der Waals surface area contributed by atoms with Crippen LogP contribution in [0.5, 0.6) is 0 Å². The van der Waals surface area contributed by atoms with Gasteiger partial charge in [0.05, 0.1) is 19.0 Å². The molecule has 0 unspecified atom stereocenters. The number of aliphatic imine (C=N–C) groups is 3. The van der Waals surface area contributed by atoms with Crippen LogP contribution in [-0.2, 0) is 0 Å². The van der Waals surface area contributed by atoms with E-state index in [0.29, 0.717) is 30.3 Å². The molecule has 0 radical (unpaired) electrons. The zero-order chi connectivity index (χ0) is 25.7. The molecule has 0 amide bonds. The molecule has 1 heterocycles. The van der Waals surface area contributed by atoms with E-state index in [-0.39, 0.29) is 36.7 Å². The van der Waals surface area contributed by atoms with Gasteiger partial charge in [0.15, 0.2) is 17.5 Å². The lowest BCUT2D eigenvalue weighted by Crippen LogP contribution is -2.44. The molecule has 2 aliphatic carbocycles. The second-order valence-electron chi connectivity index (χ2n) is 9.58. The molecule has 0 atom stereocenters. The zero-order valence-electron chi connectivity index (χ0n) is 20.1. The summed E-state index contributed by atoms with van der Waals surface area (Å²) in [5, 5.41) is 25.8. The van der Waals surface area contributed by atoms with E-state index < -0.39 is 23.1 Å². The van der Waals surface area contributed by atoms with Gasteiger partial charge >= 0.3 is 0 Å². The second-order valence-corrected chi connectivity index (χ2v) is 9.58. The highest BCUT2D eigenvalue weighted by Crippen LogP contribution is 2.32. The predicted octanol–water partition coefficient (Wildman–Crippen LogP) is 3.34. The predicted molar refractivity (Wildman–Crippen MR) is 133 cm³/mol. The van der Waals surface area contributed by atoms with Crippen molar-refractivity contribution in [3.8, 4) is 0 Å². The van der Waals surface area contributed by atoms with E-state index in [9.17, 15) is 23.4 Å². The summed E-state index contributed by atoms with van der Waals surface area (Å²) >= 11 is 0. The van der Waals surface area contributed by atoms with E-state index >= 15 is 0 Å². The number of aliphatic hydroxyl groups is 2. The lowest BCUT2D eigenvalue weighted by molar-refractivity contribution is 0.117. The number of rotatable bonds is 7. The van der Waals surface area contributed by atoms with Crippen LogP contribution in [0.3, 0.4) is 0 Å². The van der Waals surface area contributed by atoms with Crippen LogP contribution in [0.1, 0.15) is 51.4 Å². The fourth-order valence-electron chi connectivity index (χ4n) is 5.10. The van der Waals surface area contributed by atoms with Crippen molar-refractivity contribution in [1.82, 2.24) is 15.5 Å². The quantitative estimate of drug-likeness (QED) is 0.425. The van der Waals surface area contributed by atoms with Gasteiger partial charge < -0.3 is 15.5 Å². The Hall–Kier alpha value is -2.76. The molecule has 4 N–H and O–H groups in total. The van der Waals surface area contributed by atoms with Gasteiger partial charge in [0.25, 0.3) is 0 Å². The number of hydrogen-bond donors (Lipinski definition) is 4. The molecule has 36 heavy (non-hydrogen) atoms. The number of hydrogen-bond acceptors (Lipinski definition) is 6. The van der Waals surface area contributed by atoms with Crippen molar-refractivity contribution in [2.45, 2.75) is 69.6 Å². The topological polar surface area (TPSA) is 105 Å². The molecule has 1 aromatic carbocycles. The molecule has 11 heteroatoms. The normalized spacial score (nSPS) is 30.2. The van der Waals surface area contributed by atoms with E-state index in [4.69, 9.17) is 4.99 Å². The minimum absolute atomic E-state index is 0.0788. The third kappa shape index (κ3) is 6.13. The van der Waals surface area contributed by atoms with Gasteiger partial charge in [-0.3, -0.25) is 20.2 Å². The van der Waals surface area contributed by atoms with Crippen LogP contribution in [0, 0.1) is 23.4 Å². The van der Waals surface area contributed by atoms with Crippen LogP contribution in [0.2, 0.25) is 0 Å². The summed E-state index contributed by atoms with van der Waals surface area (Å²) in [6, 6.07) is 1.35. The summed E-state index contributed by atoms with van der Waals surface area (Å²) < 4.78 is 42.3. The van der Waals surface area contributed by atoms with Gasteiger partial charge in [-0.1, -0.05) is 0 Å². The molecule has 2 saturated carbocycles. The van der Waals surface area contributed by atoms with Crippen molar-refractivity contribution in [2.75, 3.05) is 13.3 Å². The van der Waals surface area contributed by atoms with Gasteiger partial charge in [0.2, 0.25) is 5.96 Å². The van der Waals surface area contributed by atoms with Crippen LogP contribution in [-0.4, -0.2) is 65.1 Å². The molecule has 1 aliphatic heterocycles. The van der Waals surface area contributed by atoms with Gasteiger partial charge in [-0.25, -0.2) is 18.2 Å².